The van der Waals surface area contributed by atoms with Crippen LogP contribution in [0.3, 0.4) is 0 Å². The van der Waals surface area contributed by atoms with Crippen molar-refractivity contribution in [2.24, 2.45) is 0 Å². The largest absolute Gasteiger partial charge is 0.462 e. The van der Waals surface area contributed by atoms with E-state index in [4.69, 9.17) is 20.4 Å². The molecule has 0 fully saturated rings. The Labute approximate surface area is 157 Å². The molecule has 0 bridgehead atoms. The van der Waals surface area contributed by atoms with Gasteiger partial charge in [0.25, 0.3) is 0 Å². The van der Waals surface area contributed by atoms with Gasteiger partial charge in [-0.1, -0.05) is 0 Å². The summed E-state index contributed by atoms with van der Waals surface area (Å²) in [6, 6.07) is 5.30. The molecule has 1 unspecified atom stereocenters. The SMILES string of the molecule is CCOC(=O)c1ccc2nc(N)n(C3CCCc4nc(C)c(C)nc43)c2c1. The quantitative estimate of drug-likeness (QED) is 0.717. The van der Waals surface area contributed by atoms with E-state index in [1.807, 2.05) is 24.5 Å². The lowest BCUT2D eigenvalue weighted by atomic mass is 9.94. The Bertz CT molecular complexity index is 1040. The molecule has 7 nitrogen and oxygen atoms in total. The fourth-order valence-electron chi connectivity index (χ4n) is 3.75. The zero-order valence-electron chi connectivity index (χ0n) is 15.8. The number of hydrogen-bond acceptors (Lipinski definition) is 6. The topological polar surface area (TPSA) is 95.9 Å². The third kappa shape index (κ3) is 2.93. The number of aromatic nitrogens is 4. The van der Waals surface area contributed by atoms with Crippen molar-refractivity contribution in [1.82, 2.24) is 19.5 Å². The van der Waals surface area contributed by atoms with Gasteiger partial charge in [-0.25, -0.2) is 9.78 Å². The normalized spacial score (nSPS) is 16.3. The number of fused-ring (bicyclic) bond motifs is 2. The van der Waals surface area contributed by atoms with Crippen LogP contribution in [0.5, 0.6) is 0 Å². The number of nitrogens with zero attached hydrogens (tertiary/aromatic N) is 4. The second kappa shape index (κ2) is 6.64. The van der Waals surface area contributed by atoms with Crippen LogP contribution in [-0.4, -0.2) is 32.1 Å². The van der Waals surface area contributed by atoms with E-state index in [2.05, 4.69) is 4.98 Å². The molecule has 140 valence electrons. The first-order chi connectivity index (χ1) is 13.0. The van der Waals surface area contributed by atoms with Gasteiger partial charge in [0, 0.05) is 0 Å². The number of esters is 1. The lowest BCUT2D eigenvalue weighted by Crippen LogP contribution is -2.22. The Morgan fingerprint density at radius 3 is 2.81 bits per heavy atom. The number of benzene rings is 1. The summed E-state index contributed by atoms with van der Waals surface area (Å²) in [5.74, 6) is 0.0740. The Hall–Kier alpha value is -2.96. The van der Waals surface area contributed by atoms with Crippen LogP contribution in [0.4, 0.5) is 5.95 Å². The highest BCUT2D eigenvalue weighted by molar-refractivity contribution is 5.94. The van der Waals surface area contributed by atoms with Gasteiger partial charge in [-0.3, -0.25) is 9.97 Å². The van der Waals surface area contributed by atoms with Crippen LogP contribution in [0.15, 0.2) is 18.2 Å². The van der Waals surface area contributed by atoms with Crippen LogP contribution in [0.25, 0.3) is 11.0 Å². The molecule has 1 atom stereocenters. The minimum Gasteiger partial charge on any atom is -0.462 e. The molecule has 1 aliphatic rings. The maximum absolute atomic E-state index is 12.2. The van der Waals surface area contributed by atoms with Crippen molar-refractivity contribution in [3.8, 4) is 0 Å². The number of carbonyl (C=O) groups excluding carboxylic acids is 1. The predicted molar refractivity (Wildman–Crippen MR) is 103 cm³/mol. The number of nitrogen functional groups attached to an aromatic ring is 1. The molecule has 0 radical (unpaired) electrons. The van der Waals surface area contributed by atoms with Gasteiger partial charge in [0.15, 0.2) is 0 Å². The van der Waals surface area contributed by atoms with E-state index in [-0.39, 0.29) is 12.0 Å². The summed E-state index contributed by atoms with van der Waals surface area (Å²) in [5.41, 5.74) is 12.2. The Balaban J connectivity index is 1.87. The number of anilines is 1. The van der Waals surface area contributed by atoms with E-state index in [9.17, 15) is 4.79 Å². The van der Waals surface area contributed by atoms with Crippen molar-refractivity contribution in [2.45, 2.75) is 46.1 Å². The van der Waals surface area contributed by atoms with Crippen LogP contribution >= 0.6 is 0 Å². The molecular weight excluding hydrogens is 342 g/mol. The Kier molecular flexibility index (Phi) is 4.30. The molecule has 27 heavy (non-hydrogen) atoms. The molecule has 2 heterocycles. The molecule has 3 aromatic rings. The van der Waals surface area contributed by atoms with E-state index < -0.39 is 0 Å². The van der Waals surface area contributed by atoms with E-state index in [0.29, 0.717) is 18.1 Å². The fourth-order valence-corrected chi connectivity index (χ4v) is 3.75. The van der Waals surface area contributed by atoms with Crippen LogP contribution < -0.4 is 5.73 Å². The minimum absolute atomic E-state index is 0.0389. The van der Waals surface area contributed by atoms with Crippen molar-refractivity contribution >= 4 is 23.0 Å². The molecule has 0 aliphatic heterocycles. The molecular formula is C20H23N5O2. The average molecular weight is 365 g/mol. The second-order valence-corrected chi connectivity index (χ2v) is 6.90. The Morgan fingerprint density at radius 2 is 2.04 bits per heavy atom. The van der Waals surface area contributed by atoms with E-state index in [1.165, 1.54) is 0 Å². The molecule has 2 N–H and O–H groups in total. The van der Waals surface area contributed by atoms with Gasteiger partial charge in [-0.15, -0.1) is 0 Å². The highest BCUT2D eigenvalue weighted by atomic mass is 16.5. The molecule has 1 aromatic carbocycles. The predicted octanol–water partition coefficient (Wildman–Crippen LogP) is 3.13. The zero-order valence-corrected chi connectivity index (χ0v) is 15.8. The molecule has 7 heteroatoms. The maximum atomic E-state index is 12.2. The van der Waals surface area contributed by atoms with Crippen LogP contribution in [0, 0.1) is 13.8 Å². The van der Waals surface area contributed by atoms with Crippen molar-refractivity contribution in [3.05, 3.63) is 46.5 Å². The summed E-state index contributed by atoms with van der Waals surface area (Å²) in [5, 5.41) is 0. The molecule has 0 spiro atoms. The fraction of sp³-hybridized carbons (Fsp3) is 0.400. The summed E-state index contributed by atoms with van der Waals surface area (Å²) in [7, 11) is 0. The number of ether oxygens (including phenoxy) is 1. The Morgan fingerprint density at radius 1 is 1.26 bits per heavy atom. The lowest BCUT2D eigenvalue weighted by Gasteiger charge is -2.27. The summed E-state index contributed by atoms with van der Waals surface area (Å²) in [6.07, 6.45) is 2.83. The van der Waals surface area contributed by atoms with Crippen LogP contribution in [0.1, 0.15) is 58.9 Å². The average Bonchev–Trinajstić information content (AvgIpc) is 2.97. The molecule has 0 saturated carbocycles. The molecule has 1 aliphatic carbocycles. The zero-order chi connectivity index (χ0) is 19.1. The van der Waals surface area contributed by atoms with Gasteiger partial charge >= 0.3 is 5.97 Å². The minimum atomic E-state index is -0.346. The third-order valence-electron chi connectivity index (χ3n) is 5.16. The number of hydrogen-bond donors (Lipinski definition) is 1. The molecule has 2 aromatic heterocycles. The van der Waals surface area contributed by atoms with Gasteiger partial charge in [0.1, 0.15) is 0 Å². The van der Waals surface area contributed by atoms with Crippen molar-refractivity contribution in [3.63, 3.8) is 0 Å². The van der Waals surface area contributed by atoms with Crippen molar-refractivity contribution in [1.29, 1.82) is 0 Å². The highest BCUT2D eigenvalue weighted by Crippen LogP contribution is 2.35. The molecule has 0 saturated heterocycles. The maximum Gasteiger partial charge on any atom is 0.338 e. The summed E-state index contributed by atoms with van der Waals surface area (Å²) < 4.78 is 7.12. The van der Waals surface area contributed by atoms with Gasteiger partial charge in [-0.05, 0) is 58.2 Å². The van der Waals surface area contributed by atoms with E-state index in [0.717, 1.165) is 53.1 Å². The second-order valence-electron chi connectivity index (χ2n) is 6.90. The third-order valence-corrected chi connectivity index (χ3v) is 5.16. The van der Waals surface area contributed by atoms with Crippen molar-refractivity contribution in [2.75, 3.05) is 12.3 Å². The summed E-state index contributed by atoms with van der Waals surface area (Å²) >= 11 is 0. The lowest BCUT2D eigenvalue weighted by molar-refractivity contribution is 0.0526. The van der Waals surface area contributed by atoms with E-state index in [1.54, 1.807) is 19.1 Å². The van der Waals surface area contributed by atoms with Gasteiger partial charge in [0.2, 0.25) is 5.95 Å². The molecule has 0 amide bonds. The van der Waals surface area contributed by atoms with Gasteiger partial charge in [-0.2, -0.15) is 0 Å². The van der Waals surface area contributed by atoms with Crippen LogP contribution in [0.2, 0.25) is 0 Å². The van der Waals surface area contributed by atoms with E-state index >= 15 is 0 Å². The first-order valence-corrected chi connectivity index (χ1v) is 9.28. The number of nitrogens with two attached hydrogens (primary N) is 1. The smallest absolute Gasteiger partial charge is 0.338 e. The van der Waals surface area contributed by atoms with Gasteiger partial charge < -0.3 is 15.0 Å². The first-order valence-electron chi connectivity index (χ1n) is 9.28. The van der Waals surface area contributed by atoms with Gasteiger partial charge in [0.05, 0.1) is 52.0 Å². The first kappa shape index (κ1) is 17.5. The van der Waals surface area contributed by atoms with Crippen LogP contribution in [-0.2, 0) is 11.2 Å². The summed E-state index contributed by atoms with van der Waals surface area (Å²) in [6.45, 7) is 6.09. The number of carbonyl (C=O) groups is 1. The standard InChI is InChI=1S/C20H23N5O2/c1-4-27-19(26)13-8-9-14-17(10-13)25(20(21)24-14)16-7-5-6-15-18(16)23-12(3)11(2)22-15/h8-10,16H,4-7H2,1-3H3,(H2,21,24). The number of rotatable bonds is 3. The molecule has 4 rings (SSSR count). The number of aryl methyl sites for hydroxylation is 3. The highest BCUT2D eigenvalue weighted by Gasteiger charge is 2.28. The number of imidazole rings is 1. The summed E-state index contributed by atoms with van der Waals surface area (Å²) in [4.78, 5) is 26.2. The van der Waals surface area contributed by atoms with Crippen molar-refractivity contribution < 1.29 is 9.53 Å². The monoisotopic (exact) mass is 365 g/mol.